The maximum atomic E-state index is 6.98. The monoisotopic (exact) mass is 815 g/mol. The van der Waals surface area contributed by atoms with E-state index in [1.54, 1.807) is 0 Å². The van der Waals surface area contributed by atoms with Gasteiger partial charge in [-0.3, -0.25) is 0 Å². The Balaban J connectivity index is 1.02. The van der Waals surface area contributed by atoms with Crippen LogP contribution in [0.15, 0.2) is 217 Å². The van der Waals surface area contributed by atoms with Crippen LogP contribution >= 0.6 is 0 Å². The molecule has 0 fully saturated rings. The number of hydrogen-bond acceptors (Lipinski definition) is 2. The van der Waals surface area contributed by atoms with Gasteiger partial charge in [0, 0.05) is 39.3 Å². The van der Waals surface area contributed by atoms with Crippen molar-refractivity contribution in [1.82, 2.24) is 0 Å². The van der Waals surface area contributed by atoms with Gasteiger partial charge in [0.1, 0.15) is 11.2 Å². The van der Waals surface area contributed by atoms with Crippen LogP contribution in [-0.2, 0) is 10.8 Å². The minimum atomic E-state index is -0.456. The Hall–Kier alpha value is -7.94. The highest BCUT2D eigenvalue weighted by atomic mass is 16.3. The van der Waals surface area contributed by atoms with Gasteiger partial charge in [0.15, 0.2) is 0 Å². The first-order valence-electron chi connectivity index (χ1n) is 22.4. The molecule has 0 saturated heterocycles. The Labute approximate surface area is 372 Å². The second kappa shape index (κ2) is 12.8. The van der Waals surface area contributed by atoms with E-state index in [2.05, 4.69) is 231 Å². The molecular formula is C62H41NO. The van der Waals surface area contributed by atoms with Crippen molar-refractivity contribution in [3.8, 4) is 44.5 Å². The minimum Gasteiger partial charge on any atom is -0.456 e. The summed E-state index contributed by atoms with van der Waals surface area (Å²) in [5.41, 5.74) is 22.6. The number of hydrogen-bond donors (Lipinski definition) is 0. The second-order valence-electron chi connectivity index (χ2n) is 18.3. The molecule has 64 heavy (non-hydrogen) atoms. The van der Waals surface area contributed by atoms with E-state index in [1.807, 2.05) is 0 Å². The molecule has 0 aliphatic heterocycles. The number of nitrogens with zero attached hydrogens (tertiary/aromatic N) is 1. The van der Waals surface area contributed by atoms with Gasteiger partial charge in [-0.15, -0.1) is 0 Å². The average Bonchev–Trinajstić information content (AvgIpc) is 4.03. The van der Waals surface area contributed by atoms with E-state index in [1.165, 1.54) is 88.7 Å². The summed E-state index contributed by atoms with van der Waals surface area (Å²) in [4.78, 5) is 2.46. The van der Waals surface area contributed by atoms with Gasteiger partial charge in [-0.1, -0.05) is 178 Å². The van der Waals surface area contributed by atoms with Crippen LogP contribution in [0.5, 0.6) is 0 Å². The third-order valence-corrected chi connectivity index (χ3v) is 14.9. The Morgan fingerprint density at radius 2 is 0.797 bits per heavy atom. The average molecular weight is 816 g/mol. The van der Waals surface area contributed by atoms with Gasteiger partial charge in [0.2, 0.25) is 0 Å². The van der Waals surface area contributed by atoms with Crippen LogP contribution in [0.25, 0.3) is 77.2 Å². The van der Waals surface area contributed by atoms with Gasteiger partial charge >= 0.3 is 0 Å². The summed E-state index contributed by atoms with van der Waals surface area (Å²) in [6.45, 7) is 4.73. The van der Waals surface area contributed by atoms with E-state index in [-0.39, 0.29) is 5.41 Å². The Morgan fingerprint density at radius 3 is 1.44 bits per heavy atom. The van der Waals surface area contributed by atoms with Crippen molar-refractivity contribution in [3.05, 3.63) is 246 Å². The van der Waals surface area contributed by atoms with E-state index in [0.29, 0.717) is 0 Å². The zero-order valence-corrected chi connectivity index (χ0v) is 35.6. The molecule has 0 radical (unpaired) electrons. The molecule has 0 unspecified atom stereocenters. The van der Waals surface area contributed by atoms with Crippen molar-refractivity contribution in [1.29, 1.82) is 0 Å². The Bertz CT molecular complexity index is 3710. The molecule has 11 aromatic rings. The van der Waals surface area contributed by atoms with Gasteiger partial charge in [-0.25, -0.2) is 0 Å². The molecule has 1 aromatic heterocycles. The molecule has 14 rings (SSSR count). The molecule has 10 aromatic carbocycles. The van der Waals surface area contributed by atoms with Crippen LogP contribution in [0, 0.1) is 0 Å². The zero-order chi connectivity index (χ0) is 42.3. The predicted octanol–water partition coefficient (Wildman–Crippen LogP) is 16.5. The highest BCUT2D eigenvalue weighted by Gasteiger charge is 2.51. The van der Waals surface area contributed by atoms with E-state index in [9.17, 15) is 0 Å². The van der Waals surface area contributed by atoms with Crippen molar-refractivity contribution in [3.63, 3.8) is 0 Å². The standard InChI is InChI=1S/C62H41NO/c1-61(2)52-24-12-8-19-43(52)47-31-28-39(34-56(47)61)63(41-30-33-50-58(36-41)64-59-37-51(38-16-4-3-5-17-38)42-18-6-7-23-49(42)60(50)59)40-29-32-48-46-22-11-15-27-55(46)62(57(48)35-40)53-25-13-9-20-44(53)45-21-10-14-26-54(45)62/h3-37H,1-2H3. The third kappa shape index (κ3) is 4.59. The summed E-state index contributed by atoms with van der Waals surface area (Å²) < 4.78 is 6.98. The fraction of sp³-hybridized carbons (Fsp3) is 0.0645. The molecule has 0 saturated carbocycles. The molecule has 0 atom stereocenters. The highest BCUT2D eigenvalue weighted by molar-refractivity contribution is 6.22. The van der Waals surface area contributed by atoms with Crippen LogP contribution in [0.2, 0.25) is 0 Å². The summed E-state index contributed by atoms with van der Waals surface area (Å²) in [5.74, 6) is 0. The normalized spacial score (nSPS) is 14.3. The molecule has 0 N–H and O–H groups in total. The first-order valence-corrected chi connectivity index (χ1v) is 22.4. The molecule has 2 heteroatoms. The molecule has 1 heterocycles. The maximum Gasteiger partial charge on any atom is 0.137 e. The summed E-state index contributed by atoms with van der Waals surface area (Å²) in [6, 6.07) is 78.8. The lowest BCUT2D eigenvalue weighted by atomic mass is 9.70. The smallest absolute Gasteiger partial charge is 0.137 e. The third-order valence-electron chi connectivity index (χ3n) is 14.9. The quantitative estimate of drug-likeness (QED) is 0.176. The van der Waals surface area contributed by atoms with Crippen LogP contribution in [0.3, 0.4) is 0 Å². The molecule has 2 nitrogen and oxygen atoms in total. The molecule has 300 valence electrons. The van der Waals surface area contributed by atoms with Crippen molar-refractivity contribution in [2.24, 2.45) is 0 Å². The molecule has 0 bridgehead atoms. The van der Waals surface area contributed by atoms with Crippen molar-refractivity contribution in [2.45, 2.75) is 24.7 Å². The molecule has 3 aliphatic carbocycles. The van der Waals surface area contributed by atoms with Gasteiger partial charge in [-0.05, 0) is 131 Å². The lowest BCUT2D eigenvalue weighted by Gasteiger charge is -2.32. The highest BCUT2D eigenvalue weighted by Crippen LogP contribution is 2.63. The van der Waals surface area contributed by atoms with Gasteiger partial charge < -0.3 is 9.32 Å². The lowest BCUT2D eigenvalue weighted by Crippen LogP contribution is -2.26. The molecule has 1 spiro atoms. The van der Waals surface area contributed by atoms with Crippen LogP contribution < -0.4 is 4.90 Å². The predicted molar refractivity (Wildman–Crippen MR) is 265 cm³/mol. The van der Waals surface area contributed by atoms with Gasteiger partial charge in [-0.2, -0.15) is 0 Å². The van der Waals surface area contributed by atoms with Crippen molar-refractivity contribution < 1.29 is 4.42 Å². The number of fused-ring (bicyclic) bond motifs is 18. The van der Waals surface area contributed by atoms with Crippen LogP contribution in [-0.4, -0.2) is 0 Å². The molecule has 0 amide bonds. The SMILES string of the molecule is CC1(C)c2ccccc2-c2ccc(N(c3ccc4c(c3)C3(c5ccccc5-c5ccccc53)c3ccccc3-4)c3ccc4c(c3)oc3cc(-c5ccccc5)c5ccccc5c34)cc21. The fourth-order valence-electron chi connectivity index (χ4n) is 12.1. The summed E-state index contributed by atoms with van der Waals surface area (Å²) in [5, 5.41) is 4.68. The molecular weight excluding hydrogens is 775 g/mol. The second-order valence-corrected chi connectivity index (χ2v) is 18.3. The van der Waals surface area contributed by atoms with Gasteiger partial charge in [0.05, 0.1) is 5.41 Å². The number of anilines is 3. The summed E-state index contributed by atoms with van der Waals surface area (Å²) in [7, 11) is 0. The summed E-state index contributed by atoms with van der Waals surface area (Å²) in [6.07, 6.45) is 0. The Morgan fingerprint density at radius 1 is 0.328 bits per heavy atom. The van der Waals surface area contributed by atoms with Crippen molar-refractivity contribution in [2.75, 3.05) is 4.90 Å². The summed E-state index contributed by atoms with van der Waals surface area (Å²) >= 11 is 0. The fourth-order valence-corrected chi connectivity index (χ4v) is 12.1. The van der Waals surface area contributed by atoms with E-state index >= 15 is 0 Å². The van der Waals surface area contributed by atoms with Crippen molar-refractivity contribution >= 4 is 49.8 Å². The minimum absolute atomic E-state index is 0.158. The van der Waals surface area contributed by atoms with Gasteiger partial charge in [0.25, 0.3) is 0 Å². The number of benzene rings is 10. The topological polar surface area (TPSA) is 16.4 Å². The lowest BCUT2D eigenvalue weighted by molar-refractivity contribution is 0.660. The van der Waals surface area contributed by atoms with Crippen LogP contribution in [0.1, 0.15) is 47.2 Å². The zero-order valence-electron chi connectivity index (χ0n) is 35.6. The Kier molecular flexibility index (Phi) is 7.13. The first-order chi connectivity index (χ1) is 31.5. The largest absolute Gasteiger partial charge is 0.456 e. The van der Waals surface area contributed by atoms with E-state index < -0.39 is 5.41 Å². The van der Waals surface area contributed by atoms with E-state index in [4.69, 9.17) is 4.42 Å². The number of rotatable bonds is 4. The van der Waals surface area contributed by atoms with E-state index in [0.717, 1.165) is 39.0 Å². The van der Waals surface area contributed by atoms with Crippen LogP contribution in [0.4, 0.5) is 17.1 Å². The maximum absolute atomic E-state index is 6.98. The number of furan rings is 1. The molecule has 3 aliphatic rings. The first kappa shape index (κ1) is 35.6.